The number of carbonyl (C=O) groups is 2. The van der Waals surface area contributed by atoms with E-state index in [1.165, 1.54) is 0 Å². The van der Waals surface area contributed by atoms with Gasteiger partial charge in [0.2, 0.25) is 5.91 Å². The van der Waals surface area contributed by atoms with Crippen LogP contribution in [0.2, 0.25) is 0 Å². The van der Waals surface area contributed by atoms with Gasteiger partial charge in [0.05, 0.1) is 12.5 Å². The van der Waals surface area contributed by atoms with E-state index in [1.807, 2.05) is 0 Å². The Labute approximate surface area is 148 Å². The number of nitrogens with one attached hydrogen (secondary N) is 1. The number of amides is 2. The molecule has 3 rings (SSSR count). The second-order valence-electron chi connectivity index (χ2n) is 7.41. The minimum Gasteiger partial charge on any atom is -0.396 e. The topological polar surface area (TPSA) is 82.5 Å². The molecule has 2 fully saturated rings. The van der Waals surface area contributed by atoms with E-state index in [4.69, 9.17) is 0 Å². The first-order chi connectivity index (χ1) is 12.1. The van der Waals surface area contributed by atoms with Gasteiger partial charge in [-0.15, -0.1) is 0 Å². The van der Waals surface area contributed by atoms with Gasteiger partial charge in [-0.25, -0.2) is 0 Å². The normalized spacial score (nSPS) is 22.6. The zero-order chi connectivity index (χ0) is 17.7. The number of piperidine rings is 1. The highest BCUT2D eigenvalue weighted by atomic mass is 16.3. The molecule has 1 aliphatic carbocycles. The Bertz CT molecular complexity index is 599. The molecular formula is C19H27N3O3. The first-order valence-electron chi connectivity index (χ1n) is 9.21. The maximum absolute atomic E-state index is 12.6. The quantitative estimate of drug-likeness (QED) is 0.849. The van der Waals surface area contributed by atoms with Crippen molar-refractivity contribution in [2.45, 2.75) is 38.5 Å². The van der Waals surface area contributed by atoms with Crippen LogP contribution in [0.3, 0.4) is 0 Å². The van der Waals surface area contributed by atoms with Crippen LogP contribution in [0, 0.1) is 11.3 Å². The van der Waals surface area contributed by atoms with Crippen LogP contribution in [0.1, 0.15) is 48.9 Å². The monoisotopic (exact) mass is 345 g/mol. The zero-order valence-corrected chi connectivity index (χ0v) is 14.6. The van der Waals surface area contributed by atoms with Crippen molar-refractivity contribution in [1.82, 2.24) is 15.2 Å². The molecule has 1 saturated heterocycles. The van der Waals surface area contributed by atoms with E-state index in [9.17, 15) is 14.7 Å². The predicted octanol–water partition coefficient (Wildman–Crippen LogP) is 1.60. The number of hydrogen-bond acceptors (Lipinski definition) is 4. The van der Waals surface area contributed by atoms with Crippen LogP contribution in [0.15, 0.2) is 24.5 Å². The first-order valence-corrected chi connectivity index (χ1v) is 9.21. The average Bonchev–Trinajstić information content (AvgIpc) is 3.16. The third-order valence-corrected chi connectivity index (χ3v) is 5.64. The van der Waals surface area contributed by atoms with Crippen molar-refractivity contribution in [3.63, 3.8) is 0 Å². The van der Waals surface area contributed by atoms with Crippen LogP contribution < -0.4 is 5.32 Å². The Hall–Kier alpha value is -1.95. The Morgan fingerprint density at radius 1 is 1.24 bits per heavy atom. The minimum atomic E-state index is -0.170. The molecule has 1 aliphatic heterocycles. The molecule has 2 amide bonds. The maximum Gasteiger partial charge on any atom is 0.253 e. The molecule has 2 aliphatic rings. The SMILES string of the molecule is O=C(NCC1(CO)CCCC1)[C@@H]1CCCN(C(=O)c2ccncc2)C1. The predicted molar refractivity (Wildman–Crippen MR) is 93.9 cm³/mol. The lowest BCUT2D eigenvalue weighted by molar-refractivity contribution is -0.127. The first kappa shape index (κ1) is 17.9. The second-order valence-corrected chi connectivity index (χ2v) is 7.41. The van der Waals surface area contributed by atoms with Crippen LogP contribution >= 0.6 is 0 Å². The number of aromatic nitrogens is 1. The van der Waals surface area contributed by atoms with Gasteiger partial charge in [0.1, 0.15) is 0 Å². The van der Waals surface area contributed by atoms with E-state index in [0.29, 0.717) is 25.2 Å². The van der Waals surface area contributed by atoms with E-state index in [1.54, 1.807) is 29.4 Å². The average molecular weight is 345 g/mol. The molecule has 1 atom stereocenters. The van der Waals surface area contributed by atoms with Crippen molar-refractivity contribution in [1.29, 1.82) is 0 Å². The van der Waals surface area contributed by atoms with E-state index in [0.717, 1.165) is 38.5 Å². The van der Waals surface area contributed by atoms with Gasteiger partial charge in [0, 0.05) is 43.0 Å². The molecule has 6 nitrogen and oxygen atoms in total. The highest BCUT2D eigenvalue weighted by molar-refractivity contribution is 5.94. The van der Waals surface area contributed by atoms with Crippen molar-refractivity contribution in [3.05, 3.63) is 30.1 Å². The summed E-state index contributed by atoms with van der Waals surface area (Å²) in [7, 11) is 0. The van der Waals surface area contributed by atoms with Crippen LogP contribution in [-0.4, -0.2) is 53.0 Å². The van der Waals surface area contributed by atoms with Crippen LogP contribution in [0.5, 0.6) is 0 Å². The molecule has 136 valence electrons. The molecule has 0 aromatic carbocycles. The highest BCUT2D eigenvalue weighted by Crippen LogP contribution is 2.37. The molecule has 1 aromatic rings. The Morgan fingerprint density at radius 2 is 1.96 bits per heavy atom. The molecule has 25 heavy (non-hydrogen) atoms. The molecule has 2 N–H and O–H groups in total. The molecule has 0 spiro atoms. The van der Waals surface area contributed by atoms with Crippen molar-refractivity contribution in [2.75, 3.05) is 26.2 Å². The lowest BCUT2D eigenvalue weighted by Crippen LogP contribution is -2.47. The lowest BCUT2D eigenvalue weighted by atomic mass is 9.87. The van der Waals surface area contributed by atoms with Crippen molar-refractivity contribution < 1.29 is 14.7 Å². The second kappa shape index (κ2) is 7.95. The van der Waals surface area contributed by atoms with Gasteiger partial charge in [-0.1, -0.05) is 12.8 Å². The summed E-state index contributed by atoms with van der Waals surface area (Å²) in [6.45, 7) is 1.81. The Morgan fingerprint density at radius 3 is 2.64 bits per heavy atom. The van der Waals surface area contributed by atoms with E-state index in [2.05, 4.69) is 10.3 Å². The number of pyridine rings is 1. The molecular weight excluding hydrogens is 318 g/mol. The molecule has 0 bridgehead atoms. The number of aliphatic hydroxyl groups excluding tert-OH is 1. The van der Waals surface area contributed by atoms with Crippen LogP contribution in [-0.2, 0) is 4.79 Å². The number of hydrogen-bond donors (Lipinski definition) is 2. The number of aliphatic hydroxyl groups is 1. The largest absolute Gasteiger partial charge is 0.396 e. The Balaban J connectivity index is 1.55. The fourth-order valence-corrected chi connectivity index (χ4v) is 3.99. The summed E-state index contributed by atoms with van der Waals surface area (Å²) in [6.07, 6.45) is 9.04. The third-order valence-electron chi connectivity index (χ3n) is 5.64. The minimum absolute atomic E-state index is 0.00644. The molecule has 1 saturated carbocycles. The van der Waals surface area contributed by atoms with E-state index in [-0.39, 0.29) is 29.8 Å². The lowest BCUT2D eigenvalue weighted by Gasteiger charge is -2.33. The number of likely N-dealkylation sites (tertiary alicyclic amines) is 1. The van der Waals surface area contributed by atoms with E-state index < -0.39 is 0 Å². The highest BCUT2D eigenvalue weighted by Gasteiger charge is 2.35. The number of carbonyl (C=O) groups excluding carboxylic acids is 2. The summed E-state index contributed by atoms with van der Waals surface area (Å²) in [5.74, 6) is -0.203. The number of nitrogens with zero attached hydrogens (tertiary/aromatic N) is 2. The van der Waals surface area contributed by atoms with Gasteiger partial charge in [-0.3, -0.25) is 14.6 Å². The van der Waals surface area contributed by atoms with Gasteiger partial charge in [-0.05, 0) is 37.8 Å². The standard InChI is InChI=1S/C19H27N3O3/c23-14-19(7-1-2-8-19)13-21-17(24)16-4-3-11-22(12-16)18(25)15-5-9-20-10-6-15/h5-6,9-10,16,23H,1-4,7-8,11-14H2,(H,21,24)/t16-/m1/s1. The smallest absolute Gasteiger partial charge is 0.253 e. The zero-order valence-electron chi connectivity index (χ0n) is 14.6. The van der Waals surface area contributed by atoms with E-state index >= 15 is 0 Å². The van der Waals surface area contributed by atoms with Gasteiger partial charge in [0.25, 0.3) is 5.91 Å². The molecule has 1 aromatic heterocycles. The third kappa shape index (κ3) is 4.18. The van der Waals surface area contributed by atoms with Gasteiger partial charge in [-0.2, -0.15) is 0 Å². The summed E-state index contributed by atoms with van der Waals surface area (Å²) < 4.78 is 0. The maximum atomic E-state index is 12.6. The molecule has 0 radical (unpaired) electrons. The summed E-state index contributed by atoms with van der Waals surface area (Å²) in [6, 6.07) is 3.41. The van der Waals surface area contributed by atoms with Crippen molar-refractivity contribution in [3.8, 4) is 0 Å². The molecule has 0 unspecified atom stereocenters. The summed E-state index contributed by atoms with van der Waals surface area (Å²) in [5.41, 5.74) is 0.470. The van der Waals surface area contributed by atoms with Crippen LogP contribution in [0.25, 0.3) is 0 Å². The summed E-state index contributed by atoms with van der Waals surface area (Å²) >= 11 is 0. The van der Waals surface area contributed by atoms with Gasteiger partial charge in [0.15, 0.2) is 0 Å². The van der Waals surface area contributed by atoms with Gasteiger partial charge < -0.3 is 15.3 Å². The fourth-order valence-electron chi connectivity index (χ4n) is 3.99. The number of rotatable bonds is 5. The molecule has 6 heteroatoms. The van der Waals surface area contributed by atoms with Crippen molar-refractivity contribution in [2.24, 2.45) is 11.3 Å². The summed E-state index contributed by atoms with van der Waals surface area (Å²) in [4.78, 5) is 30.8. The van der Waals surface area contributed by atoms with Crippen molar-refractivity contribution >= 4 is 11.8 Å². The molecule has 2 heterocycles. The fraction of sp³-hybridized carbons (Fsp3) is 0.632. The Kier molecular flexibility index (Phi) is 5.68. The summed E-state index contributed by atoms with van der Waals surface area (Å²) in [5, 5.41) is 12.7. The van der Waals surface area contributed by atoms with Gasteiger partial charge >= 0.3 is 0 Å². The van der Waals surface area contributed by atoms with Crippen LogP contribution in [0.4, 0.5) is 0 Å².